The highest BCUT2D eigenvalue weighted by atomic mass is 127. The number of unbranched alkanes of at least 4 members (excludes halogenated alkanes) is 12. The van der Waals surface area contributed by atoms with E-state index in [0.29, 0.717) is 142 Å². The Bertz CT molecular complexity index is 5190. The Morgan fingerprint density at radius 1 is 0.280 bits per heavy atom. The summed E-state index contributed by atoms with van der Waals surface area (Å²) >= 11 is 14.0. The summed E-state index contributed by atoms with van der Waals surface area (Å²) in [5.41, 5.74) is 15.2. The third kappa shape index (κ3) is 57.3. The van der Waals surface area contributed by atoms with E-state index >= 15 is 0 Å². The Balaban J connectivity index is 0.000000353. The molecule has 0 atom stereocenters. The van der Waals surface area contributed by atoms with Crippen LogP contribution in [0.5, 0.6) is 23.0 Å². The molecule has 0 bridgehead atoms. The van der Waals surface area contributed by atoms with Crippen LogP contribution in [0, 0.1) is 35.3 Å². The van der Waals surface area contributed by atoms with E-state index in [2.05, 4.69) is 264 Å². The van der Waals surface area contributed by atoms with Crippen molar-refractivity contribution in [3.63, 3.8) is 0 Å². The molecule has 0 aliphatic carbocycles. The number of benzene rings is 8. The Hall–Kier alpha value is -8.23. The summed E-state index contributed by atoms with van der Waals surface area (Å²) in [4.78, 5) is 113. The minimum absolute atomic E-state index is 0.0478. The first-order valence-corrected chi connectivity index (χ1v) is 59.3. The number of carboxylic acid groups (broad SMARTS) is 4. The number of amides is 1. The van der Waals surface area contributed by atoms with Gasteiger partial charge in [0.2, 0.25) is 0 Å². The zero-order valence-corrected chi connectivity index (χ0v) is 103. The number of aryl methyl sites for hydroxylation is 6. The standard InChI is InChI=1S/C34H47I2NO7.C30H41I2NO5.C28H39NO5.C26H33I2NO5/c1-6-41-31(38)17-13-21-43-30-16-12-15-25(29(30)18-19-32(39)42-7-2)14-10-8-9-11-20-37(33(40)44-34(3,4)5)28-23-26(35)22-27(36)24-28;1-4-36-29(34)15-11-19-38-28-14-10-13-23(27(28)16-17-30(35)37-5-2)12-8-6-7-9-18-33(3)26-21-24(31)20-25(32)22-26;1-21-18-22(2)20-24(19-21)29(3)16-7-5-4-6-10-23-11-8-12-26(25(23)14-15-28(32)33)34-17-9-13-27(30)31;1-29(22-17-20(27)16-21(28)18-22)14-5-3-2-4-8-19-9-6-10-24(23(19)12-13-26(32)33)34-15-7-11-25(30)31/h12,15-16,22-24H,6-11,13-14,17-21H2,1-5H3;10,13-14,20-22H,4-9,11-12,15-19H2,1-3H3;8,11-12,18-20H,4-7,9-10,13-17H2,1-3H3,(H,30,31)(H,32,33);6,9-10,16-18H,2-5,7-8,11-15H2,1H3,(H,30,31)(H,32,33). The van der Waals surface area contributed by atoms with Crippen LogP contribution in [0.2, 0.25) is 0 Å². The van der Waals surface area contributed by atoms with Gasteiger partial charge in [0.1, 0.15) is 28.6 Å². The highest BCUT2D eigenvalue weighted by Gasteiger charge is 2.26. The van der Waals surface area contributed by atoms with E-state index < -0.39 is 29.5 Å². The third-order valence-corrected chi connectivity index (χ3v) is 28.0. The van der Waals surface area contributed by atoms with Gasteiger partial charge < -0.3 is 77.8 Å². The molecule has 0 saturated heterocycles. The lowest BCUT2D eigenvalue weighted by atomic mass is 9.96. The highest BCUT2D eigenvalue weighted by Crippen LogP contribution is 2.35. The number of aliphatic carboxylic acids is 4. The predicted octanol–water partition coefficient (Wildman–Crippen LogP) is 28.2. The number of hydrogen-bond donors (Lipinski definition) is 4. The first-order valence-electron chi connectivity index (χ1n) is 52.8. The Kier molecular flexibility index (Phi) is 67.3. The number of carbonyl (C=O) groups is 9. The summed E-state index contributed by atoms with van der Waals surface area (Å²) in [5.74, 6) is -1.31. The van der Waals surface area contributed by atoms with Crippen molar-refractivity contribution in [2.24, 2.45) is 0 Å². The average Bonchev–Trinajstić information content (AvgIpc) is 0.841. The van der Waals surface area contributed by atoms with Crippen LogP contribution in [0.3, 0.4) is 0 Å². The van der Waals surface area contributed by atoms with Crippen LogP contribution in [0.25, 0.3) is 0 Å². The van der Waals surface area contributed by atoms with Crippen molar-refractivity contribution in [3.8, 4) is 23.0 Å². The number of ether oxygens (including phenoxy) is 9. The van der Waals surface area contributed by atoms with Gasteiger partial charge in [0, 0.05) is 143 Å². The minimum Gasteiger partial charge on any atom is -0.493 e. The fourth-order valence-electron chi connectivity index (χ4n) is 16.9. The highest BCUT2D eigenvalue weighted by molar-refractivity contribution is 14.1. The van der Waals surface area contributed by atoms with Gasteiger partial charge in [-0.2, -0.15) is 0 Å². The number of carboxylic acids is 4. The molecule has 826 valence electrons. The van der Waals surface area contributed by atoms with Gasteiger partial charge in [-0.25, -0.2) is 4.79 Å². The number of anilines is 4. The van der Waals surface area contributed by atoms with Crippen molar-refractivity contribution in [2.75, 3.05) is 120 Å². The maximum Gasteiger partial charge on any atom is 0.414 e. The molecule has 0 saturated carbocycles. The molecular formula is C118H160I6N4O22. The van der Waals surface area contributed by atoms with Gasteiger partial charge in [0.05, 0.1) is 52.9 Å². The van der Waals surface area contributed by atoms with Crippen LogP contribution < -0.4 is 38.5 Å². The molecule has 0 unspecified atom stereocenters. The maximum atomic E-state index is 13.1. The smallest absolute Gasteiger partial charge is 0.414 e. The van der Waals surface area contributed by atoms with E-state index in [-0.39, 0.29) is 62.1 Å². The van der Waals surface area contributed by atoms with E-state index in [1.54, 1.807) is 25.7 Å². The van der Waals surface area contributed by atoms with Crippen molar-refractivity contribution < 1.29 is 106 Å². The number of hydrogen-bond acceptors (Lipinski definition) is 21. The van der Waals surface area contributed by atoms with E-state index in [1.165, 1.54) is 54.5 Å². The van der Waals surface area contributed by atoms with E-state index in [4.69, 9.17) is 63.1 Å². The SMILES string of the molecule is CCOC(=O)CCCOc1cccc(CCCCCCN(C(=O)OC(C)(C)C)c2cc(I)cc(I)c2)c1CCC(=O)OCC.CCOC(=O)CCCOc1cccc(CCCCCCN(C)c2cc(I)cc(I)c2)c1CCC(=O)OCC.CN(CCCCCCc1cccc(OCCCC(=O)O)c1CCC(=O)O)c1cc(I)cc(I)c1.Cc1cc(C)cc(N(C)CCCCCCc2cccc(OCCCC(=O)O)c2CCC(=O)O)c1. The first kappa shape index (κ1) is 132. The van der Waals surface area contributed by atoms with Crippen molar-refractivity contribution in [2.45, 2.75) is 299 Å². The average molecular weight is 2750 g/mol. The summed E-state index contributed by atoms with van der Waals surface area (Å²) in [6.45, 7) is 23.7. The second-order valence-electron chi connectivity index (χ2n) is 38.0. The van der Waals surface area contributed by atoms with Gasteiger partial charge in [0.15, 0.2) is 0 Å². The molecule has 0 radical (unpaired) electrons. The lowest BCUT2D eigenvalue weighted by Gasteiger charge is -2.28. The molecule has 4 N–H and O–H groups in total. The monoisotopic (exact) mass is 2750 g/mol. The molecule has 8 rings (SSSR count). The molecule has 0 aliphatic rings. The van der Waals surface area contributed by atoms with E-state index in [9.17, 15) is 43.2 Å². The molecule has 8 aromatic carbocycles. The van der Waals surface area contributed by atoms with Crippen molar-refractivity contribution in [1.82, 2.24) is 0 Å². The van der Waals surface area contributed by atoms with Crippen LogP contribution in [-0.4, -0.2) is 180 Å². The number of nitrogens with zero attached hydrogens (tertiary/aromatic N) is 4. The van der Waals surface area contributed by atoms with Gasteiger partial charge in [0.25, 0.3) is 0 Å². The lowest BCUT2D eigenvalue weighted by molar-refractivity contribution is -0.144. The van der Waals surface area contributed by atoms with E-state index in [1.807, 2.05) is 94.4 Å². The fraction of sp³-hybridized carbons (Fsp3) is 0.517. The van der Waals surface area contributed by atoms with Crippen molar-refractivity contribution in [3.05, 3.63) is 223 Å². The first-order chi connectivity index (χ1) is 71.8. The molecular weight excluding hydrogens is 2590 g/mol. The fourth-order valence-corrected chi connectivity index (χ4v) is 22.6. The quantitative estimate of drug-likeness (QED) is 0.0119. The number of rotatable bonds is 68. The molecule has 32 heteroatoms. The lowest BCUT2D eigenvalue weighted by Crippen LogP contribution is -2.37. The summed E-state index contributed by atoms with van der Waals surface area (Å²) in [6.07, 6.45) is 25.8. The zero-order chi connectivity index (χ0) is 110. The molecule has 0 heterocycles. The van der Waals surface area contributed by atoms with Crippen LogP contribution in [0.1, 0.15) is 284 Å². The molecule has 1 amide bonds. The number of carbonyl (C=O) groups excluding carboxylic acids is 5. The normalized spacial score (nSPS) is 10.9. The summed E-state index contributed by atoms with van der Waals surface area (Å²) < 4.78 is 57.0. The molecule has 0 spiro atoms. The van der Waals surface area contributed by atoms with Crippen LogP contribution in [-0.2, 0) is 113 Å². The van der Waals surface area contributed by atoms with Gasteiger partial charge in [-0.1, -0.05) is 106 Å². The molecule has 0 fully saturated rings. The number of esters is 4. The zero-order valence-electron chi connectivity index (χ0n) is 90.0. The maximum absolute atomic E-state index is 13.1. The summed E-state index contributed by atoms with van der Waals surface area (Å²) in [5, 5.41) is 35.9. The summed E-state index contributed by atoms with van der Waals surface area (Å²) in [7, 11) is 6.44. The van der Waals surface area contributed by atoms with Gasteiger partial charge in [-0.3, -0.25) is 43.3 Å². The van der Waals surface area contributed by atoms with Gasteiger partial charge in [-0.15, -0.1) is 0 Å². The van der Waals surface area contributed by atoms with Gasteiger partial charge >= 0.3 is 53.8 Å². The van der Waals surface area contributed by atoms with Crippen molar-refractivity contribution in [1.29, 1.82) is 0 Å². The summed E-state index contributed by atoms with van der Waals surface area (Å²) in [6, 6.07) is 49.7. The Morgan fingerprint density at radius 2 is 0.527 bits per heavy atom. The van der Waals surface area contributed by atoms with E-state index in [0.717, 1.165) is 205 Å². The Labute approximate surface area is 973 Å². The molecule has 26 nitrogen and oxygen atoms in total. The van der Waals surface area contributed by atoms with Gasteiger partial charge in [-0.05, 0) is 473 Å². The molecule has 150 heavy (non-hydrogen) atoms. The third-order valence-electron chi connectivity index (χ3n) is 24.3. The second-order valence-corrected chi connectivity index (χ2v) is 45.4. The minimum atomic E-state index is -0.845. The Morgan fingerprint density at radius 3 is 0.800 bits per heavy atom. The molecule has 0 aliphatic heterocycles. The second kappa shape index (κ2) is 76.4. The number of halogens is 6. The largest absolute Gasteiger partial charge is 0.493 e. The molecule has 8 aromatic rings. The predicted molar refractivity (Wildman–Crippen MR) is 649 cm³/mol. The van der Waals surface area contributed by atoms with Crippen molar-refractivity contribution >= 4 is 212 Å². The topological polar surface area (TPSA) is 331 Å². The van der Waals surface area contributed by atoms with Crippen LogP contribution in [0.15, 0.2) is 146 Å². The van der Waals surface area contributed by atoms with Crippen LogP contribution >= 0.6 is 136 Å². The molecule has 0 aromatic heterocycles. The van der Waals surface area contributed by atoms with Crippen LogP contribution in [0.4, 0.5) is 27.5 Å².